The van der Waals surface area contributed by atoms with Crippen molar-refractivity contribution in [2.45, 2.75) is 38.8 Å². The first-order valence-corrected chi connectivity index (χ1v) is 8.66. The first-order valence-electron chi connectivity index (χ1n) is 6.41. The number of thiazole rings is 1. The Bertz CT molecular complexity index is 515. The molecule has 0 aliphatic carbocycles. The highest BCUT2D eigenvalue weighted by Crippen LogP contribution is 2.19. The number of piperidine rings is 1. The van der Waals surface area contributed by atoms with Crippen molar-refractivity contribution in [3.05, 3.63) is 16.1 Å². The molecule has 1 fully saturated rings. The van der Waals surface area contributed by atoms with Crippen LogP contribution in [0.1, 0.15) is 29.1 Å². The standard InChI is InChI=1S/C11H20N4O2S2/c1-9-7-13-11(18-9)8-14-19(16,17)15-5-3-2-4-10(15)6-12/h7,10,14H,2-6,8,12H2,1H3. The zero-order valence-electron chi connectivity index (χ0n) is 11.0. The SMILES string of the molecule is Cc1cnc(CNS(=O)(=O)N2CCCCC2CN)s1. The van der Waals surface area contributed by atoms with Crippen LogP contribution in [-0.4, -0.2) is 36.8 Å². The van der Waals surface area contributed by atoms with E-state index in [0.717, 1.165) is 29.1 Å². The van der Waals surface area contributed by atoms with Crippen molar-refractivity contribution in [3.8, 4) is 0 Å². The van der Waals surface area contributed by atoms with E-state index in [4.69, 9.17) is 5.73 Å². The largest absolute Gasteiger partial charge is 0.329 e. The molecule has 0 bridgehead atoms. The Labute approximate surface area is 118 Å². The summed E-state index contributed by atoms with van der Waals surface area (Å²) in [6.45, 7) is 3.12. The van der Waals surface area contributed by atoms with Gasteiger partial charge in [-0.3, -0.25) is 0 Å². The van der Waals surface area contributed by atoms with E-state index >= 15 is 0 Å². The van der Waals surface area contributed by atoms with Gasteiger partial charge in [0.25, 0.3) is 10.2 Å². The minimum absolute atomic E-state index is 0.0794. The van der Waals surface area contributed by atoms with Gasteiger partial charge in [-0.25, -0.2) is 4.98 Å². The van der Waals surface area contributed by atoms with Crippen molar-refractivity contribution in [2.75, 3.05) is 13.1 Å². The molecule has 1 aliphatic rings. The van der Waals surface area contributed by atoms with E-state index in [2.05, 4.69) is 9.71 Å². The van der Waals surface area contributed by atoms with Crippen LogP contribution >= 0.6 is 11.3 Å². The highest BCUT2D eigenvalue weighted by atomic mass is 32.2. The minimum atomic E-state index is -3.46. The highest BCUT2D eigenvalue weighted by Gasteiger charge is 2.31. The summed E-state index contributed by atoms with van der Waals surface area (Å²) in [7, 11) is -3.46. The van der Waals surface area contributed by atoms with Crippen molar-refractivity contribution in [1.82, 2.24) is 14.0 Å². The summed E-state index contributed by atoms with van der Waals surface area (Å²) >= 11 is 1.50. The normalized spacial score (nSPS) is 21.7. The summed E-state index contributed by atoms with van der Waals surface area (Å²) in [5.74, 6) is 0. The average Bonchev–Trinajstić information content (AvgIpc) is 2.82. The number of hydrogen-bond donors (Lipinski definition) is 2. The van der Waals surface area contributed by atoms with Gasteiger partial charge in [-0.05, 0) is 19.8 Å². The monoisotopic (exact) mass is 304 g/mol. The molecule has 2 heterocycles. The van der Waals surface area contributed by atoms with Crippen LogP contribution in [0, 0.1) is 6.92 Å². The van der Waals surface area contributed by atoms with Gasteiger partial charge in [-0.15, -0.1) is 11.3 Å². The number of aromatic nitrogens is 1. The second-order valence-corrected chi connectivity index (χ2v) is 7.71. The second-order valence-electron chi connectivity index (χ2n) is 4.69. The van der Waals surface area contributed by atoms with Gasteiger partial charge < -0.3 is 5.73 Å². The summed E-state index contributed by atoms with van der Waals surface area (Å²) in [6.07, 6.45) is 4.53. The van der Waals surface area contributed by atoms with Gasteiger partial charge in [0.05, 0.1) is 6.54 Å². The molecule has 0 spiro atoms. The van der Waals surface area contributed by atoms with E-state index in [1.807, 2.05) is 6.92 Å². The fourth-order valence-corrected chi connectivity index (χ4v) is 4.50. The summed E-state index contributed by atoms with van der Waals surface area (Å²) in [4.78, 5) is 5.23. The van der Waals surface area contributed by atoms with Gasteiger partial charge >= 0.3 is 0 Å². The van der Waals surface area contributed by atoms with Gasteiger partial charge in [0.15, 0.2) is 0 Å². The summed E-state index contributed by atoms with van der Waals surface area (Å²) in [5, 5.41) is 0.780. The van der Waals surface area contributed by atoms with Gasteiger partial charge in [-0.2, -0.15) is 17.4 Å². The van der Waals surface area contributed by atoms with Crippen molar-refractivity contribution < 1.29 is 8.42 Å². The quantitative estimate of drug-likeness (QED) is 0.834. The topological polar surface area (TPSA) is 88.3 Å². The first-order chi connectivity index (χ1) is 9.03. The number of nitrogens with zero attached hydrogens (tertiary/aromatic N) is 2. The van der Waals surface area contributed by atoms with Crippen LogP contribution in [-0.2, 0) is 16.8 Å². The van der Waals surface area contributed by atoms with Gasteiger partial charge in [0.1, 0.15) is 5.01 Å². The zero-order chi connectivity index (χ0) is 13.9. The Morgan fingerprint density at radius 3 is 3.00 bits per heavy atom. The van der Waals surface area contributed by atoms with E-state index in [9.17, 15) is 8.42 Å². The fraction of sp³-hybridized carbons (Fsp3) is 0.727. The number of nitrogens with two attached hydrogens (primary N) is 1. The average molecular weight is 304 g/mol. The van der Waals surface area contributed by atoms with E-state index in [0.29, 0.717) is 13.1 Å². The van der Waals surface area contributed by atoms with Crippen LogP contribution in [0.25, 0.3) is 0 Å². The second kappa shape index (κ2) is 6.27. The molecule has 1 aliphatic heterocycles. The molecule has 1 unspecified atom stereocenters. The Hall–Kier alpha value is -0.540. The van der Waals surface area contributed by atoms with Crippen LogP contribution in [0.3, 0.4) is 0 Å². The molecule has 0 aromatic carbocycles. The lowest BCUT2D eigenvalue weighted by molar-refractivity contribution is 0.254. The molecule has 1 saturated heterocycles. The summed E-state index contributed by atoms with van der Waals surface area (Å²) < 4.78 is 28.7. The van der Waals surface area contributed by atoms with Gasteiger partial charge in [0, 0.05) is 30.2 Å². The van der Waals surface area contributed by atoms with Crippen molar-refractivity contribution >= 4 is 21.5 Å². The van der Waals surface area contributed by atoms with Gasteiger partial charge in [-0.1, -0.05) is 6.42 Å². The molecule has 1 atom stereocenters. The first kappa shape index (κ1) is 14.9. The Morgan fingerprint density at radius 2 is 2.37 bits per heavy atom. The van der Waals surface area contributed by atoms with Crippen LogP contribution in [0.4, 0.5) is 0 Å². The predicted molar refractivity (Wildman–Crippen MR) is 76.0 cm³/mol. The Balaban J connectivity index is 2.00. The maximum atomic E-state index is 12.3. The fourth-order valence-electron chi connectivity index (χ4n) is 2.25. The molecule has 19 heavy (non-hydrogen) atoms. The van der Waals surface area contributed by atoms with Crippen LogP contribution in [0.2, 0.25) is 0 Å². The van der Waals surface area contributed by atoms with E-state index < -0.39 is 10.2 Å². The lowest BCUT2D eigenvalue weighted by atomic mass is 10.1. The molecule has 3 N–H and O–H groups in total. The molecule has 108 valence electrons. The van der Waals surface area contributed by atoms with Crippen LogP contribution in [0.15, 0.2) is 6.20 Å². The molecular weight excluding hydrogens is 284 g/mol. The lowest BCUT2D eigenvalue weighted by Crippen LogP contribution is -2.51. The van der Waals surface area contributed by atoms with Crippen molar-refractivity contribution in [3.63, 3.8) is 0 Å². The molecule has 8 heteroatoms. The molecule has 1 aromatic rings. The minimum Gasteiger partial charge on any atom is -0.329 e. The summed E-state index contributed by atoms with van der Waals surface area (Å²) in [6, 6.07) is -0.0794. The third kappa shape index (κ3) is 3.73. The maximum absolute atomic E-state index is 12.3. The lowest BCUT2D eigenvalue weighted by Gasteiger charge is -2.33. The molecule has 0 amide bonds. The summed E-state index contributed by atoms with van der Waals surface area (Å²) in [5.41, 5.74) is 5.66. The maximum Gasteiger partial charge on any atom is 0.280 e. The predicted octanol–water partition coefficient (Wildman–Crippen LogP) is 0.599. The molecule has 2 rings (SSSR count). The van der Waals surface area contributed by atoms with Crippen LogP contribution in [0.5, 0.6) is 0 Å². The number of aryl methyl sites for hydroxylation is 1. The van der Waals surface area contributed by atoms with E-state index in [-0.39, 0.29) is 12.6 Å². The molecule has 0 saturated carbocycles. The molecular formula is C11H20N4O2S2. The smallest absolute Gasteiger partial charge is 0.280 e. The van der Waals surface area contributed by atoms with E-state index in [1.54, 1.807) is 6.20 Å². The Morgan fingerprint density at radius 1 is 1.58 bits per heavy atom. The van der Waals surface area contributed by atoms with Crippen molar-refractivity contribution in [2.24, 2.45) is 5.73 Å². The van der Waals surface area contributed by atoms with Gasteiger partial charge in [0.2, 0.25) is 0 Å². The van der Waals surface area contributed by atoms with E-state index in [1.165, 1.54) is 15.6 Å². The molecule has 0 radical (unpaired) electrons. The number of rotatable bonds is 5. The zero-order valence-corrected chi connectivity index (χ0v) is 12.6. The number of hydrogen-bond acceptors (Lipinski definition) is 5. The molecule has 1 aromatic heterocycles. The molecule has 6 nitrogen and oxygen atoms in total. The van der Waals surface area contributed by atoms with Crippen molar-refractivity contribution in [1.29, 1.82) is 0 Å². The third-order valence-corrected chi connectivity index (χ3v) is 5.75. The highest BCUT2D eigenvalue weighted by molar-refractivity contribution is 7.87. The van der Waals surface area contributed by atoms with Crippen LogP contribution < -0.4 is 10.5 Å². The third-order valence-electron chi connectivity index (χ3n) is 3.23. The number of nitrogens with one attached hydrogen (secondary N) is 1. The Kier molecular flexibility index (Phi) is 4.91.